The number of hydrogen-bond donors (Lipinski definition) is 4. The van der Waals surface area contributed by atoms with Gasteiger partial charge in [0.1, 0.15) is 5.75 Å². The second kappa shape index (κ2) is 7.61. The number of phenolic OH excluding ortho intramolecular Hbond substituents is 1. The summed E-state index contributed by atoms with van der Waals surface area (Å²) in [6.45, 7) is 5.78. The van der Waals surface area contributed by atoms with E-state index < -0.39 is 0 Å². The molecule has 0 atom stereocenters. The van der Waals surface area contributed by atoms with Crippen molar-refractivity contribution in [3.05, 3.63) is 46.4 Å². The summed E-state index contributed by atoms with van der Waals surface area (Å²) >= 11 is 0. The minimum Gasteiger partial charge on any atom is -0.508 e. The molecule has 0 amide bonds. The van der Waals surface area contributed by atoms with Crippen LogP contribution >= 0.6 is 0 Å². The molecular weight excluding hydrogens is 280 g/mol. The number of aromatic nitrogens is 2. The van der Waals surface area contributed by atoms with Gasteiger partial charge in [0, 0.05) is 24.4 Å². The maximum absolute atomic E-state index is 11.7. The van der Waals surface area contributed by atoms with Crippen molar-refractivity contribution in [1.29, 1.82) is 0 Å². The fourth-order valence-corrected chi connectivity index (χ4v) is 1.99. The molecule has 0 unspecified atom stereocenters. The van der Waals surface area contributed by atoms with Crippen molar-refractivity contribution in [3.63, 3.8) is 0 Å². The summed E-state index contributed by atoms with van der Waals surface area (Å²) in [7, 11) is 0. The Morgan fingerprint density at radius 2 is 2.14 bits per heavy atom. The van der Waals surface area contributed by atoms with Crippen LogP contribution in [0.3, 0.4) is 0 Å². The summed E-state index contributed by atoms with van der Waals surface area (Å²) in [4.78, 5) is 18.7. The van der Waals surface area contributed by atoms with E-state index in [4.69, 9.17) is 0 Å². The van der Waals surface area contributed by atoms with Crippen molar-refractivity contribution in [1.82, 2.24) is 15.3 Å². The molecule has 0 aliphatic carbocycles. The van der Waals surface area contributed by atoms with Gasteiger partial charge in [-0.05, 0) is 31.0 Å². The highest BCUT2D eigenvalue weighted by Gasteiger charge is 2.03. The quantitative estimate of drug-likeness (QED) is 0.590. The predicted octanol–water partition coefficient (Wildman–Crippen LogP) is 2.35. The van der Waals surface area contributed by atoms with Gasteiger partial charge < -0.3 is 15.7 Å². The molecular formula is C16H22N4O2. The number of hydrogen-bond acceptors (Lipinski definition) is 5. The van der Waals surface area contributed by atoms with Crippen molar-refractivity contribution in [2.24, 2.45) is 5.92 Å². The molecule has 1 heterocycles. The molecule has 0 radical (unpaired) electrons. The number of benzene rings is 1. The van der Waals surface area contributed by atoms with E-state index in [-0.39, 0.29) is 11.3 Å². The highest BCUT2D eigenvalue weighted by atomic mass is 16.3. The number of phenols is 1. The van der Waals surface area contributed by atoms with E-state index in [1.807, 2.05) is 0 Å². The van der Waals surface area contributed by atoms with Crippen LogP contribution < -0.4 is 16.2 Å². The van der Waals surface area contributed by atoms with Crippen LogP contribution in [0, 0.1) is 5.92 Å². The van der Waals surface area contributed by atoms with E-state index in [2.05, 4.69) is 34.4 Å². The number of nitrogens with one attached hydrogen (secondary N) is 3. The van der Waals surface area contributed by atoms with Crippen LogP contribution in [0.25, 0.3) is 0 Å². The van der Waals surface area contributed by atoms with Crippen molar-refractivity contribution in [2.75, 3.05) is 11.9 Å². The fourth-order valence-electron chi connectivity index (χ4n) is 1.99. The Bertz CT molecular complexity index is 667. The maximum Gasteiger partial charge on any atom is 0.252 e. The molecule has 0 aliphatic rings. The average molecular weight is 302 g/mol. The van der Waals surface area contributed by atoms with Crippen LogP contribution in [0.2, 0.25) is 0 Å². The Morgan fingerprint density at radius 1 is 1.32 bits per heavy atom. The van der Waals surface area contributed by atoms with Gasteiger partial charge in [-0.2, -0.15) is 0 Å². The number of aromatic hydroxyl groups is 1. The molecule has 0 aliphatic heterocycles. The molecule has 0 spiro atoms. The Hall–Kier alpha value is -2.34. The lowest BCUT2D eigenvalue weighted by Gasteiger charge is -2.09. The zero-order valence-electron chi connectivity index (χ0n) is 12.9. The second-order valence-corrected chi connectivity index (χ2v) is 5.62. The Kier molecular flexibility index (Phi) is 5.55. The molecule has 118 valence electrons. The van der Waals surface area contributed by atoms with Crippen LogP contribution in [-0.4, -0.2) is 21.6 Å². The summed E-state index contributed by atoms with van der Waals surface area (Å²) < 4.78 is 0. The van der Waals surface area contributed by atoms with E-state index in [1.165, 1.54) is 6.07 Å². The van der Waals surface area contributed by atoms with Crippen LogP contribution in [0.15, 0.2) is 35.1 Å². The average Bonchev–Trinajstić information content (AvgIpc) is 2.43. The molecule has 2 aromatic rings. The molecule has 1 aromatic heterocycles. The molecule has 1 aromatic carbocycles. The van der Waals surface area contributed by atoms with E-state index >= 15 is 0 Å². The Labute approximate surface area is 129 Å². The minimum atomic E-state index is -0.210. The first kappa shape index (κ1) is 16.0. The number of nitrogens with zero attached hydrogens (tertiary/aromatic N) is 1. The highest BCUT2D eigenvalue weighted by Crippen LogP contribution is 2.17. The van der Waals surface area contributed by atoms with Gasteiger partial charge in [-0.3, -0.25) is 9.78 Å². The standard InChI is InChI=1S/C16H22N4O2/c1-11(2)6-7-17-10-13-9-15(22)20-16(19-13)18-12-4-3-5-14(21)8-12/h3-5,8-9,11,17,21H,6-7,10H2,1-2H3,(H2,18,19,20,22). The van der Waals surface area contributed by atoms with Crippen LogP contribution in [0.4, 0.5) is 11.6 Å². The number of anilines is 2. The summed E-state index contributed by atoms with van der Waals surface area (Å²) in [6, 6.07) is 8.13. The molecule has 0 saturated carbocycles. The third-order valence-corrected chi connectivity index (χ3v) is 3.11. The van der Waals surface area contributed by atoms with Crippen molar-refractivity contribution in [3.8, 4) is 5.75 Å². The highest BCUT2D eigenvalue weighted by molar-refractivity contribution is 5.55. The van der Waals surface area contributed by atoms with Crippen molar-refractivity contribution < 1.29 is 5.11 Å². The number of aromatic amines is 1. The molecule has 22 heavy (non-hydrogen) atoms. The zero-order chi connectivity index (χ0) is 15.9. The Morgan fingerprint density at radius 3 is 2.86 bits per heavy atom. The van der Waals surface area contributed by atoms with Gasteiger partial charge in [0.2, 0.25) is 5.95 Å². The number of H-pyrrole nitrogens is 1. The molecule has 0 saturated heterocycles. The van der Waals surface area contributed by atoms with Crippen molar-refractivity contribution >= 4 is 11.6 Å². The van der Waals surface area contributed by atoms with Gasteiger partial charge in [0.15, 0.2) is 0 Å². The predicted molar refractivity (Wildman–Crippen MR) is 87.4 cm³/mol. The van der Waals surface area contributed by atoms with E-state index in [0.717, 1.165) is 13.0 Å². The lowest BCUT2D eigenvalue weighted by molar-refractivity contribution is 0.475. The lowest BCUT2D eigenvalue weighted by atomic mass is 10.1. The summed E-state index contributed by atoms with van der Waals surface area (Å²) in [5, 5.41) is 15.7. The van der Waals surface area contributed by atoms with Gasteiger partial charge >= 0.3 is 0 Å². The lowest BCUT2D eigenvalue weighted by Crippen LogP contribution is -2.20. The van der Waals surface area contributed by atoms with Gasteiger partial charge in [-0.1, -0.05) is 19.9 Å². The van der Waals surface area contributed by atoms with Gasteiger partial charge in [0.25, 0.3) is 5.56 Å². The van der Waals surface area contributed by atoms with Crippen LogP contribution in [0.5, 0.6) is 5.75 Å². The number of rotatable bonds is 7. The first-order valence-corrected chi connectivity index (χ1v) is 7.40. The molecule has 6 nitrogen and oxygen atoms in total. The summed E-state index contributed by atoms with van der Waals surface area (Å²) in [5.74, 6) is 1.15. The normalized spacial score (nSPS) is 10.9. The largest absolute Gasteiger partial charge is 0.508 e. The first-order chi connectivity index (χ1) is 10.5. The van der Waals surface area contributed by atoms with Crippen molar-refractivity contribution in [2.45, 2.75) is 26.8 Å². The molecule has 2 rings (SSSR count). The SMILES string of the molecule is CC(C)CCNCc1cc(=O)[nH]c(Nc2cccc(O)c2)n1. The third kappa shape index (κ3) is 5.21. The molecule has 0 fully saturated rings. The van der Waals surface area contributed by atoms with E-state index in [0.29, 0.717) is 29.8 Å². The summed E-state index contributed by atoms with van der Waals surface area (Å²) in [6.07, 6.45) is 1.08. The summed E-state index contributed by atoms with van der Waals surface area (Å²) in [5.41, 5.74) is 1.13. The first-order valence-electron chi connectivity index (χ1n) is 7.40. The molecule has 4 N–H and O–H groups in total. The monoisotopic (exact) mass is 302 g/mol. The molecule has 6 heteroatoms. The fraction of sp³-hybridized carbons (Fsp3) is 0.375. The maximum atomic E-state index is 11.7. The van der Waals surface area contributed by atoms with Gasteiger partial charge in [-0.15, -0.1) is 0 Å². The van der Waals surface area contributed by atoms with Crippen LogP contribution in [-0.2, 0) is 6.54 Å². The van der Waals surface area contributed by atoms with Gasteiger partial charge in [-0.25, -0.2) is 4.98 Å². The Balaban J connectivity index is 2.02. The smallest absolute Gasteiger partial charge is 0.252 e. The molecule has 0 bridgehead atoms. The van der Waals surface area contributed by atoms with E-state index in [9.17, 15) is 9.90 Å². The third-order valence-electron chi connectivity index (χ3n) is 3.11. The van der Waals surface area contributed by atoms with Gasteiger partial charge in [0.05, 0.1) is 5.69 Å². The zero-order valence-corrected chi connectivity index (χ0v) is 12.9. The minimum absolute atomic E-state index is 0.152. The second-order valence-electron chi connectivity index (χ2n) is 5.62. The van der Waals surface area contributed by atoms with Crippen LogP contribution in [0.1, 0.15) is 26.0 Å². The topological polar surface area (TPSA) is 90.0 Å². The van der Waals surface area contributed by atoms with E-state index in [1.54, 1.807) is 24.3 Å².